The zero-order valence-corrected chi connectivity index (χ0v) is 11.0. The largest absolute Gasteiger partial charge is 0.310 e. The Hall–Kier alpha value is -0.600. The Balaban J connectivity index is 2.99. The lowest BCUT2D eigenvalue weighted by molar-refractivity contribution is 0.557. The summed E-state index contributed by atoms with van der Waals surface area (Å²) in [4.78, 5) is 0. The predicted molar refractivity (Wildman–Crippen MR) is 70.1 cm³/mol. The standard InChI is InChI=1S/C13H18BrN/c1-4-7-12(15-5-2)11-9-6-8-10(3)13(11)14/h4,6,8-9,12,15H,1,5,7H2,2-3H3. The predicted octanol–water partition coefficient (Wildman–Crippen LogP) is 3.98. The van der Waals surface area contributed by atoms with Crippen molar-refractivity contribution in [2.75, 3.05) is 6.54 Å². The van der Waals surface area contributed by atoms with E-state index in [1.165, 1.54) is 15.6 Å². The summed E-state index contributed by atoms with van der Waals surface area (Å²) in [6, 6.07) is 6.74. The number of rotatable bonds is 5. The molecule has 0 aliphatic carbocycles. The third-order valence-electron chi connectivity index (χ3n) is 2.45. The number of hydrogen-bond acceptors (Lipinski definition) is 1. The maximum Gasteiger partial charge on any atom is 0.0366 e. The van der Waals surface area contributed by atoms with Crippen LogP contribution in [-0.2, 0) is 0 Å². The van der Waals surface area contributed by atoms with Crippen molar-refractivity contribution in [3.8, 4) is 0 Å². The highest BCUT2D eigenvalue weighted by Gasteiger charge is 2.12. The Labute approximate surface area is 101 Å². The highest BCUT2D eigenvalue weighted by Crippen LogP contribution is 2.28. The molecule has 0 saturated carbocycles. The maximum absolute atomic E-state index is 3.81. The second-order valence-corrected chi connectivity index (χ2v) is 4.41. The smallest absolute Gasteiger partial charge is 0.0366 e. The van der Waals surface area contributed by atoms with Crippen molar-refractivity contribution in [2.45, 2.75) is 26.3 Å². The number of aryl methyl sites for hydroxylation is 1. The second-order valence-electron chi connectivity index (χ2n) is 3.61. The van der Waals surface area contributed by atoms with Crippen molar-refractivity contribution in [2.24, 2.45) is 0 Å². The van der Waals surface area contributed by atoms with E-state index in [9.17, 15) is 0 Å². The first-order valence-corrected chi connectivity index (χ1v) is 6.09. The van der Waals surface area contributed by atoms with Gasteiger partial charge in [-0.05, 0) is 31.0 Å². The van der Waals surface area contributed by atoms with E-state index >= 15 is 0 Å². The third-order valence-corrected chi connectivity index (χ3v) is 3.53. The van der Waals surface area contributed by atoms with Gasteiger partial charge in [0.2, 0.25) is 0 Å². The van der Waals surface area contributed by atoms with Gasteiger partial charge in [-0.15, -0.1) is 6.58 Å². The Kier molecular flexibility index (Phi) is 5.06. The molecule has 1 aromatic rings. The third kappa shape index (κ3) is 3.18. The normalized spacial score (nSPS) is 12.5. The van der Waals surface area contributed by atoms with Crippen molar-refractivity contribution in [3.05, 3.63) is 46.5 Å². The van der Waals surface area contributed by atoms with Crippen LogP contribution in [0.1, 0.15) is 30.5 Å². The van der Waals surface area contributed by atoms with Crippen molar-refractivity contribution >= 4 is 15.9 Å². The monoisotopic (exact) mass is 267 g/mol. The van der Waals surface area contributed by atoms with Crippen LogP contribution in [0.5, 0.6) is 0 Å². The first kappa shape index (κ1) is 12.5. The molecule has 0 saturated heterocycles. The highest BCUT2D eigenvalue weighted by molar-refractivity contribution is 9.10. The molecule has 0 heterocycles. The highest BCUT2D eigenvalue weighted by atomic mass is 79.9. The molecule has 1 aromatic carbocycles. The van der Waals surface area contributed by atoms with E-state index in [1.807, 2.05) is 6.08 Å². The zero-order valence-electron chi connectivity index (χ0n) is 9.39. The topological polar surface area (TPSA) is 12.0 Å². The summed E-state index contributed by atoms with van der Waals surface area (Å²) >= 11 is 3.65. The molecule has 0 fully saturated rings. The quantitative estimate of drug-likeness (QED) is 0.796. The van der Waals surface area contributed by atoms with E-state index in [-0.39, 0.29) is 0 Å². The molecule has 1 nitrogen and oxygen atoms in total. The van der Waals surface area contributed by atoms with E-state index in [4.69, 9.17) is 0 Å². The van der Waals surface area contributed by atoms with Crippen LogP contribution in [0, 0.1) is 6.92 Å². The van der Waals surface area contributed by atoms with Gasteiger partial charge in [-0.2, -0.15) is 0 Å². The second kappa shape index (κ2) is 6.09. The van der Waals surface area contributed by atoms with Gasteiger partial charge in [-0.3, -0.25) is 0 Å². The zero-order chi connectivity index (χ0) is 11.3. The maximum atomic E-state index is 3.81. The summed E-state index contributed by atoms with van der Waals surface area (Å²) in [7, 11) is 0. The minimum Gasteiger partial charge on any atom is -0.310 e. The molecule has 2 heteroatoms. The van der Waals surface area contributed by atoms with E-state index < -0.39 is 0 Å². The molecule has 82 valence electrons. The summed E-state index contributed by atoms with van der Waals surface area (Å²) < 4.78 is 1.21. The molecular formula is C13H18BrN. The Bertz CT molecular complexity index is 333. The van der Waals surface area contributed by atoms with Gasteiger partial charge in [0, 0.05) is 10.5 Å². The number of halogens is 1. The molecule has 1 N–H and O–H groups in total. The van der Waals surface area contributed by atoms with Gasteiger partial charge in [0.05, 0.1) is 0 Å². The lowest BCUT2D eigenvalue weighted by Gasteiger charge is -2.19. The molecule has 15 heavy (non-hydrogen) atoms. The summed E-state index contributed by atoms with van der Waals surface area (Å²) in [6.07, 6.45) is 2.91. The van der Waals surface area contributed by atoms with Crippen LogP contribution in [-0.4, -0.2) is 6.54 Å². The Morgan fingerprint density at radius 3 is 2.87 bits per heavy atom. The van der Waals surface area contributed by atoms with E-state index in [0.717, 1.165) is 13.0 Å². The molecule has 0 aliphatic heterocycles. The van der Waals surface area contributed by atoms with Crippen LogP contribution in [0.25, 0.3) is 0 Å². The molecule has 1 atom stereocenters. The average Bonchev–Trinajstić information content (AvgIpc) is 2.22. The minimum absolute atomic E-state index is 0.363. The van der Waals surface area contributed by atoms with Gasteiger partial charge in [0.15, 0.2) is 0 Å². The summed E-state index contributed by atoms with van der Waals surface area (Å²) in [6.45, 7) is 9.02. The lowest BCUT2D eigenvalue weighted by atomic mass is 10.0. The number of nitrogens with one attached hydrogen (secondary N) is 1. The van der Waals surface area contributed by atoms with Gasteiger partial charge < -0.3 is 5.32 Å². The minimum atomic E-state index is 0.363. The molecule has 0 radical (unpaired) electrons. The van der Waals surface area contributed by atoms with Crippen molar-refractivity contribution < 1.29 is 0 Å². The fourth-order valence-electron chi connectivity index (χ4n) is 1.67. The van der Waals surface area contributed by atoms with Crippen molar-refractivity contribution in [1.82, 2.24) is 5.32 Å². The Morgan fingerprint density at radius 2 is 2.27 bits per heavy atom. The van der Waals surface area contributed by atoms with Gasteiger partial charge >= 0.3 is 0 Å². The van der Waals surface area contributed by atoms with Gasteiger partial charge in [-0.1, -0.05) is 47.1 Å². The van der Waals surface area contributed by atoms with Crippen LogP contribution in [0.2, 0.25) is 0 Å². The van der Waals surface area contributed by atoms with Gasteiger partial charge in [0.25, 0.3) is 0 Å². The van der Waals surface area contributed by atoms with Crippen molar-refractivity contribution in [1.29, 1.82) is 0 Å². The van der Waals surface area contributed by atoms with E-state index in [1.54, 1.807) is 0 Å². The fourth-order valence-corrected chi connectivity index (χ4v) is 2.21. The molecule has 0 bridgehead atoms. The molecule has 0 aromatic heterocycles. The molecular weight excluding hydrogens is 250 g/mol. The summed E-state index contributed by atoms with van der Waals surface area (Å²) in [5.74, 6) is 0. The average molecular weight is 268 g/mol. The van der Waals surface area contributed by atoms with Gasteiger partial charge in [-0.25, -0.2) is 0 Å². The molecule has 1 unspecified atom stereocenters. The van der Waals surface area contributed by atoms with Crippen LogP contribution in [0.4, 0.5) is 0 Å². The molecule has 0 aliphatic rings. The van der Waals surface area contributed by atoms with Gasteiger partial charge in [0.1, 0.15) is 0 Å². The lowest BCUT2D eigenvalue weighted by Crippen LogP contribution is -2.20. The first-order valence-electron chi connectivity index (χ1n) is 5.30. The van der Waals surface area contributed by atoms with Crippen LogP contribution in [0.15, 0.2) is 35.3 Å². The van der Waals surface area contributed by atoms with Crippen LogP contribution in [0.3, 0.4) is 0 Å². The molecule has 0 spiro atoms. The SMILES string of the molecule is C=CCC(NCC)c1cccc(C)c1Br. The number of benzene rings is 1. The Morgan fingerprint density at radius 1 is 1.53 bits per heavy atom. The van der Waals surface area contributed by atoms with E-state index in [0.29, 0.717) is 6.04 Å². The van der Waals surface area contributed by atoms with Crippen LogP contribution >= 0.6 is 15.9 Å². The molecule has 0 amide bonds. The first-order chi connectivity index (χ1) is 7.20. The summed E-state index contributed by atoms with van der Waals surface area (Å²) in [5.41, 5.74) is 2.59. The van der Waals surface area contributed by atoms with Crippen LogP contribution < -0.4 is 5.32 Å². The summed E-state index contributed by atoms with van der Waals surface area (Å²) in [5, 5.41) is 3.47. The van der Waals surface area contributed by atoms with Crippen molar-refractivity contribution in [3.63, 3.8) is 0 Å². The van der Waals surface area contributed by atoms with E-state index in [2.05, 4.69) is 59.9 Å². The molecule has 1 rings (SSSR count). The fraction of sp³-hybridized carbons (Fsp3) is 0.385. The number of hydrogen-bond donors (Lipinski definition) is 1.